The van der Waals surface area contributed by atoms with Crippen molar-refractivity contribution in [2.45, 2.75) is 54.5 Å². The highest BCUT2D eigenvalue weighted by atomic mass is 32.2. The molecule has 18 nitrogen and oxygen atoms in total. The highest BCUT2D eigenvalue weighted by molar-refractivity contribution is 7.90. The molecule has 3 rings (SSSR count). The molecule has 21 heteroatoms. The Labute approximate surface area is 282 Å². The summed E-state index contributed by atoms with van der Waals surface area (Å²) in [5, 5.41) is 33.3. The van der Waals surface area contributed by atoms with Gasteiger partial charge in [0.15, 0.2) is 0 Å². The third-order valence-electron chi connectivity index (χ3n) is 7.42. The topological polar surface area (TPSA) is 259 Å². The van der Waals surface area contributed by atoms with E-state index in [1.807, 2.05) is 0 Å². The van der Waals surface area contributed by atoms with Crippen LogP contribution in [-0.2, 0) is 30.1 Å². The average Bonchev–Trinajstić information content (AvgIpc) is 3.03. The number of non-ortho nitro benzene ring substituents is 3. The quantitative estimate of drug-likeness (QED) is 0.149. The first-order valence-electron chi connectivity index (χ1n) is 14.4. The Hall–Kier alpha value is -4.41. The zero-order valence-corrected chi connectivity index (χ0v) is 29.0. The number of nitrogens with one attached hydrogen (secondary N) is 2. The van der Waals surface area contributed by atoms with Crippen LogP contribution in [0.1, 0.15) is 27.7 Å². The van der Waals surface area contributed by atoms with Crippen LogP contribution in [0.2, 0.25) is 0 Å². The minimum Gasteiger partial charge on any atom is -0.258 e. The molecule has 0 aliphatic heterocycles. The van der Waals surface area contributed by atoms with Crippen LogP contribution in [0, 0.1) is 42.2 Å². The molecule has 2 N–H and O–H groups in total. The van der Waals surface area contributed by atoms with Gasteiger partial charge in [-0.2, -0.15) is 4.31 Å². The van der Waals surface area contributed by atoms with Gasteiger partial charge in [-0.1, -0.05) is 27.7 Å². The van der Waals surface area contributed by atoms with Crippen molar-refractivity contribution in [1.82, 2.24) is 13.7 Å². The van der Waals surface area contributed by atoms with Gasteiger partial charge < -0.3 is 0 Å². The van der Waals surface area contributed by atoms with Gasteiger partial charge in [0.2, 0.25) is 30.1 Å². The van der Waals surface area contributed by atoms with E-state index in [9.17, 15) is 55.6 Å². The van der Waals surface area contributed by atoms with Crippen molar-refractivity contribution in [2.75, 3.05) is 13.1 Å². The molecule has 0 aliphatic rings. The fourth-order valence-electron chi connectivity index (χ4n) is 4.40. The van der Waals surface area contributed by atoms with Gasteiger partial charge in [0.25, 0.3) is 17.1 Å². The largest absolute Gasteiger partial charge is 0.269 e. The van der Waals surface area contributed by atoms with E-state index in [4.69, 9.17) is 0 Å². The minimum absolute atomic E-state index is 0.329. The summed E-state index contributed by atoms with van der Waals surface area (Å²) in [6, 6.07) is 9.73. The van der Waals surface area contributed by atoms with E-state index in [1.165, 1.54) is 0 Å². The summed E-state index contributed by atoms with van der Waals surface area (Å²) in [5.41, 5.74) is -1.09. The third kappa shape index (κ3) is 9.83. The van der Waals surface area contributed by atoms with Gasteiger partial charge in [0.05, 0.1) is 29.5 Å². The van der Waals surface area contributed by atoms with E-state index in [1.54, 1.807) is 27.7 Å². The normalized spacial score (nSPS) is 13.8. The molecule has 0 saturated carbocycles. The Balaban J connectivity index is 2.04. The van der Waals surface area contributed by atoms with Crippen molar-refractivity contribution >= 4 is 47.1 Å². The zero-order valence-electron chi connectivity index (χ0n) is 26.6. The molecule has 0 unspecified atom stereocenters. The molecule has 0 heterocycles. The van der Waals surface area contributed by atoms with Crippen molar-refractivity contribution < 1.29 is 40.0 Å². The van der Waals surface area contributed by atoms with Crippen LogP contribution in [0.5, 0.6) is 0 Å². The van der Waals surface area contributed by atoms with Crippen LogP contribution in [0.3, 0.4) is 0 Å². The van der Waals surface area contributed by atoms with Gasteiger partial charge >= 0.3 is 0 Å². The second kappa shape index (κ2) is 15.4. The van der Waals surface area contributed by atoms with Crippen LogP contribution in [0.15, 0.2) is 87.5 Å². The first-order valence-corrected chi connectivity index (χ1v) is 18.8. The zero-order chi connectivity index (χ0) is 36.9. The van der Waals surface area contributed by atoms with Gasteiger partial charge in [-0.3, -0.25) is 30.3 Å². The molecule has 0 spiro atoms. The maximum atomic E-state index is 14.1. The van der Waals surface area contributed by atoms with E-state index >= 15 is 0 Å². The first-order chi connectivity index (χ1) is 22.7. The number of nitro benzene ring substituents is 3. The molecule has 2 atom stereocenters. The Morgan fingerprint density at radius 2 is 0.796 bits per heavy atom. The highest BCUT2D eigenvalue weighted by Crippen LogP contribution is 2.24. The number of benzene rings is 3. The van der Waals surface area contributed by atoms with E-state index in [0.717, 1.165) is 77.1 Å². The molecular formula is C28H34N6O12S3. The lowest BCUT2D eigenvalue weighted by molar-refractivity contribution is -0.385. The molecule has 3 aromatic rings. The Bertz CT molecular complexity index is 1900. The number of sulfonamides is 3. The smallest absolute Gasteiger partial charge is 0.258 e. The van der Waals surface area contributed by atoms with Gasteiger partial charge in [0.1, 0.15) is 0 Å². The van der Waals surface area contributed by atoms with E-state index in [0.29, 0.717) is 0 Å². The maximum Gasteiger partial charge on any atom is 0.269 e. The van der Waals surface area contributed by atoms with Crippen molar-refractivity contribution in [3.8, 4) is 0 Å². The van der Waals surface area contributed by atoms with E-state index in [2.05, 4.69) is 9.44 Å². The number of hydrogen-bond acceptors (Lipinski definition) is 12. The van der Waals surface area contributed by atoms with Crippen LogP contribution < -0.4 is 9.44 Å². The lowest BCUT2D eigenvalue weighted by Crippen LogP contribution is -2.53. The molecular weight excluding hydrogens is 709 g/mol. The summed E-state index contributed by atoms with van der Waals surface area (Å²) in [6.45, 7) is 5.36. The number of nitro groups is 3. The fraction of sp³-hybridized carbons (Fsp3) is 0.357. The molecule has 0 fully saturated rings. The summed E-state index contributed by atoms with van der Waals surface area (Å²) in [4.78, 5) is 30.1. The number of hydrogen-bond donors (Lipinski definition) is 2. The molecule has 0 radical (unpaired) electrons. The average molecular weight is 743 g/mol. The molecule has 0 saturated heterocycles. The summed E-state index contributed by atoms with van der Waals surface area (Å²) in [7, 11) is -13.3. The summed E-state index contributed by atoms with van der Waals surface area (Å²) >= 11 is 0. The van der Waals surface area contributed by atoms with E-state index < -0.39 is 87.5 Å². The lowest BCUT2D eigenvalue weighted by atomic mass is 10.0. The number of nitrogens with zero attached hydrogens (tertiary/aromatic N) is 4. The van der Waals surface area contributed by atoms with Gasteiger partial charge in [-0.15, -0.1) is 0 Å². The van der Waals surface area contributed by atoms with Gasteiger partial charge in [-0.05, 0) is 48.2 Å². The van der Waals surface area contributed by atoms with Crippen molar-refractivity contribution in [1.29, 1.82) is 0 Å². The predicted octanol–water partition coefficient (Wildman–Crippen LogP) is 3.41. The standard InChI is InChI=1S/C28H34N6O12S3/c1-19(2)27(29-47(41,42)24-11-5-21(6-12-24)32(35)36)17-31(49(45,46)26-15-9-23(10-16-26)34(39)40)18-28(20(3)4)30-48(43,44)25-13-7-22(8-14-25)33(37)38/h5-16,19-20,27-30H,17-18H2,1-4H3/t27-,28-/m1/s1. The fourth-order valence-corrected chi connectivity index (χ4v) is 8.64. The third-order valence-corrected chi connectivity index (χ3v) is 12.3. The molecule has 0 bridgehead atoms. The summed E-state index contributed by atoms with van der Waals surface area (Å²) in [5.74, 6) is -1.12. The van der Waals surface area contributed by atoms with Gasteiger partial charge in [-0.25, -0.2) is 34.7 Å². The monoisotopic (exact) mass is 742 g/mol. The molecule has 0 aromatic heterocycles. The predicted molar refractivity (Wildman–Crippen MR) is 176 cm³/mol. The van der Waals surface area contributed by atoms with Crippen molar-refractivity contribution in [3.63, 3.8) is 0 Å². The highest BCUT2D eigenvalue weighted by Gasteiger charge is 2.35. The summed E-state index contributed by atoms with van der Waals surface area (Å²) in [6.07, 6.45) is 0. The van der Waals surface area contributed by atoms with Crippen LogP contribution in [-0.4, -0.2) is 69.5 Å². The van der Waals surface area contributed by atoms with E-state index in [-0.39, 0.29) is 26.1 Å². The Morgan fingerprint density at radius 3 is 1.04 bits per heavy atom. The molecule has 3 aromatic carbocycles. The second-order valence-electron chi connectivity index (χ2n) is 11.5. The minimum atomic E-state index is -4.58. The van der Waals surface area contributed by atoms with Crippen molar-refractivity contribution in [3.05, 3.63) is 103 Å². The number of rotatable bonds is 17. The van der Waals surface area contributed by atoms with Gasteiger partial charge in [0, 0.05) is 61.6 Å². The summed E-state index contributed by atoms with van der Waals surface area (Å²) < 4.78 is 87.2. The molecule has 0 aliphatic carbocycles. The van der Waals surface area contributed by atoms with Crippen LogP contribution in [0.25, 0.3) is 0 Å². The van der Waals surface area contributed by atoms with Crippen LogP contribution in [0.4, 0.5) is 17.1 Å². The van der Waals surface area contributed by atoms with Crippen LogP contribution >= 0.6 is 0 Å². The SMILES string of the molecule is CC(C)[C@@H](CN(C[C@@H](NS(=O)(=O)c1ccc([N+](=O)[O-])cc1)C(C)C)S(=O)(=O)c1ccc([N+](=O)[O-])cc1)NS(=O)(=O)c1ccc([N+](=O)[O-])cc1. The molecule has 266 valence electrons. The second-order valence-corrected chi connectivity index (χ2v) is 16.9. The molecule has 49 heavy (non-hydrogen) atoms. The Morgan fingerprint density at radius 1 is 0.531 bits per heavy atom. The first kappa shape index (κ1) is 39.0. The lowest BCUT2D eigenvalue weighted by Gasteiger charge is -2.33. The molecule has 0 amide bonds. The van der Waals surface area contributed by atoms with Crippen molar-refractivity contribution in [2.24, 2.45) is 11.8 Å². The maximum absolute atomic E-state index is 14.1. The Kier molecular flexibility index (Phi) is 12.3.